The first kappa shape index (κ1) is 13.2. The number of carbonyl (C=O) groups is 1. The van der Waals surface area contributed by atoms with Gasteiger partial charge in [0.1, 0.15) is 11.3 Å². The average molecular weight is 282 g/mol. The third-order valence-electron chi connectivity index (χ3n) is 3.06. The van der Waals surface area contributed by atoms with Crippen LogP contribution in [-0.4, -0.2) is 32.2 Å². The number of ether oxygens (including phenoxy) is 1. The van der Waals surface area contributed by atoms with Gasteiger partial charge in [-0.1, -0.05) is 0 Å². The Hall–Kier alpha value is -2.76. The van der Waals surface area contributed by atoms with Crippen LogP contribution in [0, 0.1) is 6.92 Å². The second-order valence-electron chi connectivity index (χ2n) is 4.52. The molecule has 0 aromatic carbocycles. The van der Waals surface area contributed by atoms with Gasteiger partial charge in [-0.3, -0.25) is 4.98 Å². The Kier molecular flexibility index (Phi) is 3.35. The molecule has 0 N–H and O–H groups in total. The van der Waals surface area contributed by atoms with Crippen LogP contribution in [0.4, 0.5) is 0 Å². The molecule has 6 heteroatoms. The zero-order valence-electron chi connectivity index (χ0n) is 11.8. The molecular weight excluding hydrogens is 268 g/mol. The predicted molar refractivity (Wildman–Crippen MR) is 76.9 cm³/mol. The van der Waals surface area contributed by atoms with E-state index in [1.54, 1.807) is 36.1 Å². The molecule has 3 aromatic rings. The van der Waals surface area contributed by atoms with Gasteiger partial charge < -0.3 is 4.74 Å². The molecule has 0 amide bonds. The number of aromatic nitrogens is 4. The second kappa shape index (κ2) is 5.32. The lowest BCUT2D eigenvalue weighted by Crippen LogP contribution is -2.06. The standard InChI is InChI=1S/C15H14N4O2/c1-3-21-15(20)12-13(11-6-5-10(2)17-9-11)18-19-8-4-7-16-14(12)19/h4-9H,3H2,1-2H3. The van der Waals surface area contributed by atoms with Crippen molar-refractivity contribution in [1.82, 2.24) is 19.6 Å². The number of hydrogen-bond acceptors (Lipinski definition) is 5. The summed E-state index contributed by atoms with van der Waals surface area (Å²) in [6.07, 6.45) is 5.06. The molecule has 106 valence electrons. The summed E-state index contributed by atoms with van der Waals surface area (Å²) in [7, 11) is 0. The molecule has 0 aliphatic heterocycles. The first-order valence-electron chi connectivity index (χ1n) is 6.64. The minimum atomic E-state index is -0.429. The summed E-state index contributed by atoms with van der Waals surface area (Å²) in [6.45, 7) is 3.97. The van der Waals surface area contributed by atoms with E-state index >= 15 is 0 Å². The van der Waals surface area contributed by atoms with E-state index in [0.29, 0.717) is 23.5 Å². The summed E-state index contributed by atoms with van der Waals surface area (Å²) in [5, 5.41) is 4.43. The molecule has 3 rings (SSSR count). The smallest absolute Gasteiger partial charge is 0.344 e. The zero-order valence-corrected chi connectivity index (χ0v) is 11.8. The SMILES string of the molecule is CCOC(=O)c1c(-c2ccc(C)nc2)nn2cccnc12. The van der Waals surface area contributed by atoms with Crippen LogP contribution in [0.5, 0.6) is 0 Å². The Morgan fingerprint density at radius 3 is 2.90 bits per heavy atom. The zero-order chi connectivity index (χ0) is 14.8. The van der Waals surface area contributed by atoms with Crippen molar-refractivity contribution in [1.29, 1.82) is 0 Å². The number of hydrogen-bond donors (Lipinski definition) is 0. The van der Waals surface area contributed by atoms with Crippen molar-refractivity contribution >= 4 is 11.6 Å². The fourth-order valence-corrected chi connectivity index (χ4v) is 2.09. The second-order valence-corrected chi connectivity index (χ2v) is 4.52. The minimum Gasteiger partial charge on any atom is -0.462 e. The molecule has 21 heavy (non-hydrogen) atoms. The highest BCUT2D eigenvalue weighted by molar-refractivity contribution is 6.02. The molecule has 0 spiro atoms. The van der Waals surface area contributed by atoms with Gasteiger partial charge in [-0.15, -0.1) is 0 Å². The van der Waals surface area contributed by atoms with Crippen LogP contribution >= 0.6 is 0 Å². The van der Waals surface area contributed by atoms with Gasteiger partial charge in [0.05, 0.1) is 6.61 Å². The number of carbonyl (C=O) groups excluding carboxylic acids is 1. The third-order valence-corrected chi connectivity index (χ3v) is 3.06. The molecule has 0 fully saturated rings. The molecular formula is C15H14N4O2. The van der Waals surface area contributed by atoms with Crippen molar-refractivity contribution in [2.45, 2.75) is 13.8 Å². The van der Waals surface area contributed by atoms with Gasteiger partial charge in [-0.25, -0.2) is 14.3 Å². The van der Waals surface area contributed by atoms with E-state index in [1.165, 1.54) is 0 Å². The fraction of sp³-hybridized carbons (Fsp3) is 0.200. The van der Waals surface area contributed by atoms with Gasteiger partial charge in [0.15, 0.2) is 5.65 Å². The lowest BCUT2D eigenvalue weighted by atomic mass is 10.1. The highest BCUT2D eigenvalue weighted by Gasteiger charge is 2.23. The maximum Gasteiger partial charge on any atom is 0.344 e. The highest BCUT2D eigenvalue weighted by atomic mass is 16.5. The topological polar surface area (TPSA) is 69.4 Å². The van der Waals surface area contributed by atoms with Crippen molar-refractivity contribution in [3.8, 4) is 11.3 Å². The molecule has 6 nitrogen and oxygen atoms in total. The lowest BCUT2D eigenvalue weighted by molar-refractivity contribution is 0.0529. The van der Waals surface area contributed by atoms with Crippen molar-refractivity contribution in [2.75, 3.05) is 6.61 Å². The number of fused-ring (bicyclic) bond motifs is 1. The van der Waals surface area contributed by atoms with Crippen LogP contribution in [0.1, 0.15) is 23.0 Å². The molecule has 0 aliphatic carbocycles. The van der Waals surface area contributed by atoms with E-state index in [1.807, 2.05) is 19.1 Å². The van der Waals surface area contributed by atoms with E-state index in [4.69, 9.17) is 4.74 Å². The number of aryl methyl sites for hydroxylation is 1. The molecule has 0 radical (unpaired) electrons. The van der Waals surface area contributed by atoms with Gasteiger partial charge in [0.25, 0.3) is 0 Å². The molecule has 0 unspecified atom stereocenters. The normalized spacial score (nSPS) is 10.8. The summed E-state index contributed by atoms with van der Waals surface area (Å²) < 4.78 is 6.70. The number of esters is 1. The first-order valence-corrected chi connectivity index (χ1v) is 6.64. The minimum absolute atomic E-state index is 0.300. The first-order chi connectivity index (χ1) is 10.2. The van der Waals surface area contributed by atoms with Crippen molar-refractivity contribution in [3.05, 3.63) is 48.0 Å². The maximum atomic E-state index is 12.2. The van der Waals surface area contributed by atoms with Crippen LogP contribution in [0.2, 0.25) is 0 Å². The van der Waals surface area contributed by atoms with Crippen molar-refractivity contribution < 1.29 is 9.53 Å². The molecule has 3 aromatic heterocycles. The van der Waals surface area contributed by atoms with Crippen LogP contribution in [0.15, 0.2) is 36.8 Å². The van der Waals surface area contributed by atoms with E-state index < -0.39 is 5.97 Å². The predicted octanol–water partition coefficient (Wildman–Crippen LogP) is 2.28. The van der Waals surface area contributed by atoms with Gasteiger partial charge >= 0.3 is 5.97 Å². The fourth-order valence-electron chi connectivity index (χ4n) is 2.09. The lowest BCUT2D eigenvalue weighted by Gasteiger charge is -2.02. The van der Waals surface area contributed by atoms with Crippen molar-refractivity contribution in [3.63, 3.8) is 0 Å². The molecule has 0 atom stereocenters. The molecule has 0 saturated carbocycles. The quantitative estimate of drug-likeness (QED) is 0.689. The van der Waals surface area contributed by atoms with Crippen LogP contribution < -0.4 is 0 Å². The van der Waals surface area contributed by atoms with Gasteiger partial charge in [-0.2, -0.15) is 5.10 Å². The Balaban J connectivity index is 2.23. The highest BCUT2D eigenvalue weighted by Crippen LogP contribution is 2.25. The summed E-state index contributed by atoms with van der Waals surface area (Å²) in [5.41, 5.74) is 3.03. The van der Waals surface area contributed by atoms with E-state index in [9.17, 15) is 4.79 Å². The average Bonchev–Trinajstić information content (AvgIpc) is 2.87. The van der Waals surface area contributed by atoms with Crippen LogP contribution in [-0.2, 0) is 4.74 Å². The summed E-state index contributed by atoms with van der Waals surface area (Å²) in [6, 6.07) is 5.51. The van der Waals surface area contributed by atoms with Gasteiger partial charge in [0, 0.05) is 29.8 Å². The van der Waals surface area contributed by atoms with Crippen molar-refractivity contribution in [2.24, 2.45) is 0 Å². The van der Waals surface area contributed by atoms with E-state index in [-0.39, 0.29) is 0 Å². The summed E-state index contributed by atoms with van der Waals surface area (Å²) in [5.74, 6) is -0.429. The Labute approximate surface area is 121 Å². The summed E-state index contributed by atoms with van der Waals surface area (Å²) in [4.78, 5) is 20.7. The summed E-state index contributed by atoms with van der Waals surface area (Å²) >= 11 is 0. The third kappa shape index (κ3) is 2.35. The molecule has 0 saturated heterocycles. The molecule has 0 aliphatic rings. The monoisotopic (exact) mass is 282 g/mol. The van der Waals surface area contributed by atoms with Gasteiger partial charge in [0.2, 0.25) is 0 Å². The number of nitrogens with zero attached hydrogens (tertiary/aromatic N) is 4. The van der Waals surface area contributed by atoms with Crippen LogP contribution in [0.25, 0.3) is 16.9 Å². The maximum absolute atomic E-state index is 12.2. The Bertz CT molecular complexity index is 793. The number of pyridine rings is 1. The Morgan fingerprint density at radius 1 is 1.33 bits per heavy atom. The molecule has 0 bridgehead atoms. The van der Waals surface area contributed by atoms with E-state index in [2.05, 4.69) is 15.1 Å². The molecule has 3 heterocycles. The van der Waals surface area contributed by atoms with E-state index in [0.717, 1.165) is 11.3 Å². The van der Waals surface area contributed by atoms with Crippen LogP contribution in [0.3, 0.4) is 0 Å². The van der Waals surface area contributed by atoms with Gasteiger partial charge in [-0.05, 0) is 32.0 Å². The largest absolute Gasteiger partial charge is 0.462 e. The Morgan fingerprint density at radius 2 is 2.19 bits per heavy atom. The number of rotatable bonds is 3.